The summed E-state index contributed by atoms with van der Waals surface area (Å²) in [5.41, 5.74) is -0.0713. The number of nitrogens with zero attached hydrogens (tertiary/aromatic N) is 1. The van der Waals surface area contributed by atoms with Gasteiger partial charge in [-0.3, -0.25) is 20.2 Å². The van der Waals surface area contributed by atoms with E-state index in [1.54, 1.807) is 12.1 Å². The SMILES string of the molecule is O=C(NC(=S)Nc1ccc(S(=O)(=O)NCc2ccco2)cc1)c1ccccc1[N+](=O)[O-]. The minimum Gasteiger partial charge on any atom is -0.468 e. The second kappa shape index (κ2) is 9.47. The van der Waals surface area contributed by atoms with Crippen molar-refractivity contribution in [1.29, 1.82) is 0 Å². The van der Waals surface area contributed by atoms with Crippen molar-refractivity contribution in [1.82, 2.24) is 10.0 Å². The summed E-state index contributed by atoms with van der Waals surface area (Å²) in [4.78, 5) is 22.7. The minimum absolute atomic E-state index is 0.0110. The molecule has 0 radical (unpaired) electrons. The summed E-state index contributed by atoms with van der Waals surface area (Å²) in [6.45, 7) is 0.0110. The van der Waals surface area contributed by atoms with Gasteiger partial charge in [0.1, 0.15) is 11.3 Å². The number of furan rings is 1. The summed E-state index contributed by atoms with van der Waals surface area (Å²) in [5.74, 6) is -0.271. The highest BCUT2D eigenvalue weighted by molar-refractivity contribution is 7.89. The first-order chi connectivity index (χ1) is 14.8. The zero-order valence-corrected chi connectivity index (χ0v) is 17.4. The van der Waals surface area contributed by atoms with Gasteiger partial charge in [-0.15, -0.1) is 0 Å². The van der Waals surface area contributed by atoms with Crippen molar-refractivity contribution in [2.24, 2.45) is 0 Å². The third-order valence-electron chi connectivity index (χ3n) is 4.01. The van der Waals surface area contributed by atoms with Crippen molar-refractivity contribution in [3.63, 3.8) is 0 Å². The van der Waals surface area contributed by atoms with E-state index in [0.717, 1.165) is 0 Å². The summed E-state index contributed by atoms with van der Waals surface area (Å²) in [5, 5.41) is 16.0. The second-order valence-corrected chi connectivity index (χ2v) is 8.29. The molecule has 160 valence electrons. The number of para-hydroxylation sites is 1. The van der Waals surface area contributed by atoms with Gasteiger partial charge in [0.05, 0.1) is 22.6 Å². The number of hydrogen-bond acceptors (Lipinski definition) is 7. The van der Waals surface area contributed by atoms with Crippen LogP contribution in [0.2, 0.25) is 0 Å². The maximum absolute atomic E-state index is 12.3. The first kappa shape index (κ1) is 22.1. The number of nitrogens with one attached hydrogen (secondary N) is 3. The molecule has 0 atom stereocenters. The van der Waals surface area contributed by atoms with E-state index in [9.17, 15) is 23.3 Å². The topological polar surface area (TPSA) is 144 Å². The molecule has 3 rings (SSSR count). The predicted molar refractivity (Wildman–Crippen MR) is 116 cm³/mol. The smallest absolute Gasteiger partial charge is 0.282 e. The fourth-order valence-corrected chi connectivity index (χ4v) is 3.74. The van der Waals surface area contributed by atoms with Crippen LogP contribution in [0, 0.1) is 10.1 Å². The lowest BCUT2D eigenvalue weighted by Crippen LogP contribution is -2.34. The number of thiocarbonyl (C=S) groups is 1. The standard InChI is InChI=1S/C19H16N4O6S2/c24-18(16-5-1-2-6-17(16)23(25)26)22-19(30)21-13-7-9-15(10-8-13)31(27,28)20-12-14-4-3-11-29-14/h1-11,20H,12H2,(H2,21,22,24,30). The summed E-state index contributed by atoms with van der Waals surface area (Å²) >= 11 is 5.06. The van der Waals surface area contributed by atoms with E-state index in [-0.39, 0.29) is 27.8 Å². The average Bonchev–Trinajstić information content (AvgIpc) is 3.26. The molecule has 0 saturated carbocycles. The molecule has 1 aromatic heterocycles. The van der Waals surface area contributed by atoms with Crippen molar-refractivity contribution in [2.45, 2.75) is 11.4 Å². The fraction of sp³-hybridized carbons (Fsp3) is 0.0526. The maximum atomic E-state index is 12.3. The molecular weight excluding hydrogens is 444 g/mol. The molecule has 0 unspecified atom stereocenters. The molecule has 0 spiro atoms. The number of nitro groups is 1. The molecule has 31 heavy (non-hydrogen) atoms. The third-order valence-corrected chi connectivity index (χ3v) is 5.63. The predicted octanol–water partition coefficient (Wildman–Crippen LogP) is 2.79. The number of anilines is 1. The van der Waals surface area contributed by atoms with Gasteiger partial charge in [-0.1, -0.05) is 12.1 Å². The molecule has 1 heterocycles. The van der Waals surface area contributed by atoms with Crippen LogP contribution in [-0.4, -0.2) is 24.4 Å². The second-order valence-electron chi connectivity index (χ2n) is 6.11. The molecule has 12 heteroatoms. The van der Waals surface area contributed by atoms with E-state index in [2.05, 4.69) is 15.4 Å². The Morgan fingerprint density at radius 2 is 1.77 bits per heavy atom. The molecule has 0 bridgehead atoms. The Hall–Kier alpha value is -3.61. The van der Waals surface area contributed by atoms with Gasteiger partial charge in [-0.2, -0.15) is 0 Å². The summed E-state index contributed by atoms with van der Waals surface area (Å²) in [7, 11) is -3.75. The number of carbonyl (C=O) groups is 1. The van der Waals surface area contributed by atoms with Crippen LogP contribution in [0.1, 0.15) is 16.1 Å². The first-order valence-electron chi connectivity index (χ1n) is 8.74. The van der Waals surface area contributed by atoms with Crippen LogP contribution in [-0.2, 0) is 16.6 Å². The van der Waals surface area contributed by atoms with Gasteiger partial charge < -0.3 is 9.73 Å². The highest BCUT2D eigenvalue weighted by Gasteiger charge is 2.20. The number of amides is 1. The Kier molecular flexibility index (Phi) is 6.74. The maximum Gasteiger partial charge on any atom is 0.282 e. The van der Waals surface area contributed by atoms with Gasteiger partial charge in [0.15, 0.2) is 5.11 Å². The molecule has 1 amide bonds. The normalized spacial score (nSPS) is 11.0. The fourth-order valence-electron chi connectivity index (χ4n) is 2.54. The Labute approximate surface area is 182 Å². The van der Waals surface area contributed by atoms with E-state index >= 15 is 0 Å². The quantitative estimate of drug-likeness (QED) is 0.277. The lowest BCUT2D eigenvalue weighted by atomic mass is 10.1. The molecule has 0 fully saturated rings. The molecule has 3 N–H and O–H groups in total. The van der Waals surface area contributed by atoms with Gasteiger partial charge in [0.2, 0.25) is 10.0 Å². The van der Waals surface area contributed by atoms with Crippen molar-refractivity contribution in [2.75, 3.05) is 5.32 Å². The van der Waals surface area contributed by atoms with E-state index < -0.39 is 20.9 Å². The van der Waals surface area contributed by atoms with Crippen LogP contribution in [0.3, 0.4) is 0 Å². The number of carbonyl (C=O) groups excluding carboxylic acids is 1. The molecule has 2 aromatic carbocycles. The number of sulfonamides is 1. The number of rotatable bonds is 7. The van der Waals surface area contributed by atoms with E-state index in [4.69, 9.17) is 16.6 Å². The molecule has 0 saturated heterocycles. The Bertz CT molecular complexity index is 1210. The van der Waals surface area contributed by atoms with E-state index in [1.807, 2.05) is 0 Å². The van der Waals surface area contributed by atoms with Crippen molar-refractivity contribution >= 4 is 44.6 Å². The zero-order valence-electron chi connectivity index (χ0n) is 15.8. The van der Waals surface area contributed by atoms with Gasteiger partial charge >= 0.3 is 0 Å². The minimum atomic E-state index is -3.75. The summed E-state index contributed by atoms with van der Waals surface area (Å²) in [6, 6.07) is 14.4. The van der Waals surface area contributed by atoms with Crippen LogP contribution < -0.4 is 15.4 Å². The third kappa shape index (κ3) is 5.72. The van der Waals surface area contributed by atoms with Crippen molar-refractivity contribution in [3.05, 3.63) is 88.4 Å². The number of hydrogen-bond donors (Lipinski definition) is 3. The Balaban J connectivity index is 1.61. The lowest BCUT2D eigenvalue weighted by molar-refractivity contribution is -0.385. The summed E-state index contributed by atoms with van der Waals surface area (Å²) < 4.78 is 32.2. The Morgan fingerprint density at radius 3 is 2.42 bits per heavy atom. The molecule has 0 aliphatic carbocycles. The largest absolute Gasteiger partial charge is 0.468 e. The molecule has 3 aromatic rings. The highest BCUT2D eigenvalue weighted by atomic mass is 32.2. The van der Waals surface area contributed by atoms with Gasteiger partial charge in [0.25, 0.3) is 11.6 Å². The van der Waals surface area contributed by atoms with Gasteiger partial charge in [-0.05, 0) is 54.7 Å². The highest BCUT2D eigenvalue weighted by Crippen LogP contribution is 2.18. The molecule has 0 aliphatic rings. The van der Waals surface area contributed by atoms with Crippen LogP contribution in [0.25, 0.3) is 0 Å². The monoisotopic (exact) mass is 460 g/mol. The zero-order chi connectivity index (χ0) is 22.4. The van der Waals surface area contributed by atoms with Gasteiger partial charge in [-0.25, -0.2) is 13.1 Å². The summed E-state index contributed by atoms with van der Waals surface area (Å²) in [6.07, 6.45) is 1.45. The van der Waals surface area contributed by atoms with Crippen molar-refractivity contribution in [3.8, 4) is 0 Å². The van der Waals surface area contributed by atoms with Crippen LogP contribution in [0.15, 0.2) is 76.2 Å². The number of benzene rings is 2. The average molecular weight is 460 g/mol. The van der Waals surface area contributed by atoms with Crippen molar-refractivity contribution < 1.29 is 22.6 Å². The lowest BCUT2D eigenvalue weighted by Gasteiger charge is -2.11. The molecule has 10 nitrogen and oxygen atoms in total. The van der Waals surface area contributed by atoms with Crippen LogP contribution in [0.4, 0.5) is 11.4 Å². The molecule has 0 aliphatic heterocycles. The number of nitro benzene ring substituents is 1. The first-order valence-corrected chi connectivity index (χ1v) is 10.6. The molecular formula is C19H16N4O6S2. The van der Waals surface area contributed by atoms with Gasteiger partial charge in [0, 0.05) is 11.8 Å². The van der Waals surface area contributed by atoms with Crippen LogP contribution in [0.5, 0.6) is 0 Å². The van der Waals surface area contributed by atoms with Crippen LogP contribution >= 0.6 is 12.2 Å². The van der Waals surface area contributed by atoms with E-state index in [0.29, 0.717) is 11.4 Å². The van der Waals surface area contributed by atoms with E-state index in [1.165, 1.54) is 54.8 Å². The Morgan fingerprint density at radius 1 is 1.06 bits per heavy atom.